The summed E-state index contributed by atoms with van der Waals surface area (Å²) in [6.45, 7) is 0.112. The van der Waals surface area contributed by atoms with Gasteiger partial charge in [-0.15, -0.1) is 5.10 Å². The Morgan fingerprint density at radius 1 is 1.03 bits per heavy atom. The van der Waals surface area contributed by atoms with Crippen LogP contribution in [0.3, 0.4) is 0 Å². The SMILES string of the molecule is COc1ccc(CN(C(=O)Cn2nnc3ccccc32)C(C(=O)NC2CCCCC2)c2ccc(O)cc2)cc1. The normalized spacial score (nSPS) is 14.6. The molecule has 2 N–H and O–H groups in total. The van der Waals surface area contributed by atoms with Crippen molar-refractivity contribution in [3.8, 4) is 11.5 Å². The molecular formula is C30H33N5O4. The van der Waals surface area contributed by atoms with E-state index in [1.54, 1.807) is 28.8 Å². The molecule has 4 aromatic rings. The number of carbonyl (C=O) groups excluding carboxylic acids is 2. The third-order valence-corrected chi connectivity index (χ3v) is 7.26. The van der Waals surface area contributed by atoms with E-state index in [0.29, 0.717) is 16.8 Å². The van der Waals surface area contributed by atoms with Gasteiger partial charge in [0.2, 0.25) is 11.8 Å². The number of nitrogens with one attached hydrogen (secondary N) is 1. The molecule has 1 heterocycles. The second-order valence-electron chi connectivity index (χ2n) is 9.94. The van der Waals surface area contributed by atoms with Crippen LogP contribution in [0.25, 0.3) is 11.0 Å². The topological polar surface area (TPSA) is 110 Å². The van der Waals surface area contributed by atoms with Crippen molar-refractivity contribution in [3.63, 3.8) is 0 Å². The number of nitrogens with zero attached hydrogens (tertiary/aromatic N) is 4. The van der Waals surface area contributed by atoms with Crippen LogP contribution in [0.1, 0.15) is 49.3 Å². The van der Waals surface area contributed by atoms with E-state index in [1.165, 1.54) is 18.6 Å². The van der Waals surface area contributed by atoms with E-state index < -0.39 is 6.04 Å². The summed E-state index contributed by atoms with van der Waals surface area (Å²) in [4.78, 5) is 29.6. The summed E-state index contributed by atoms with van der Waals surface area (Å²) >= 11 is 0. The molecule has 1 unspecified atom stereocenters. The first-order valence-electron chi connectivity index (χ1n) is 13.3. The Hall–Kier alpha value is -4.40. The second kappa shape index (κ2) is 12.0. The lowest BCUT2D eigenvalue weighted by Gasteiger charge is -2.33. The van der Waals surface area contributed by atoms with Gasteiger partial charge in [-0.05, 0) is 60.4 Å². The van der Waals surface area contributed by atoms with Gasteiger partial charge >= 0.3 is 0 Å². The van der Waals surface area contributed by atoms with Crippen molar-refractivity contribution >= 4 is 22.8 Å². The van der Waals surface area contributed by atoms with Crippen LogP contribution in [0.15, 0.2) is 72.8 Å². The van der Waals surface area contributed by atoms with E-state index in [1.807, 2.05) is 48.5 Å². The molecule has 39 heavy (non-hydrogen) atoms. The Morgan fingerprint density at radius 2 is 1.74 bits per heavy atom. The number of rotatable bonds is 9. The van der Waals surface area contributed by atoms with Crippen molar-refractivity contribution in [1.82, 2.24) is 25.2 Å². The summed E-state index contributed by atoms with van der Waals surface area (Å²) in [6.07, 6.45) is 5.16. The van der Waals surface area contributed by atoms with Gasteiger partial charge in [0, 0.05) is 12.6 Å². The number of aromatic nitrogens is 3. The van der Waals surface area contributed by atoms with Crippen LogP contribution in [-0.2, 0) is 22.7 Å². The standard InChI is InChI=1S/C30H33N5O4/c1-39-25-17-11-21(12-18-25)19-34(28(37)20-35-27-10-6-5-9-26(27)32-33-35)29(22-13-15-24(36)16-14-22)30(38)31-23-7-3-2-4-8-23/h5-6,9-18,23,29,36H,2-4,7-8,19-20H2,1H3,(H,31,38). The number of hydrogen-bond acceptors (Lipinski definition) is 6. The third kappa shape index (κ3) is 6.19. The smallest absolute Gasteiger partial charge is 0.247 e. The molecule has 9 heteroatoms. The van der Waals surface area contributed by atoms with Crippen LogP contribution in [0.4, 0.5) is 0 Å². The average molecular weight is 528 g/mol. The Morgan fingerprint density at radius 3 is 2.46 bits per heavy atom. The predicted octanol–water partition coefficient (Wildman–Crippen LogP) is 4.36. The molecule has 1 aliphatic carbocycles. The molecule has 2 amide bonds. The molecule has 1 aromatic heterocycles. The fourth-order valence-corrected chi connectivity index (χ4v) is 5.16. The Bertz CT molecular complexity index is 1410. The molecule has 0 bridgehead atoms. The van der Waals surface area contributed by atoms with Gasteiger partial charge in [-0.3, -0.25) is 9.59 Å². The molecule has 1 fully saturated rings. The van der Waals surface area contributed by atoms with Gasteiger partial charge in [-0.1, -0.05) is 60.9 Å². The van der Waals surface area contributed by atoms with Crippen LogP contribution in [0.2, 0.25) is 0 Å². The molecule has 0 radical (unpaired) electrons. The summed E-state index contributed by atoms with van der Waals surface area (Å²) in [7, 11) is 1.60. The maximum absolute atomic E-state index is 14.0. The number of fused-ring (bicyclic) bond motifs is 1. The lowest BCUT2D eigenvalue weighted by molar-refractivity contribution is -0.142. The van der Waals surface area contributed by atoms with E-state index >= 15 is 0 Å². The zero-order chi connectivity index (χ0) is 27.2. The van der Waals surface area contributed by atoms with E-state index in [0.717, 1.165) is 36.8 Å². The van der Waals surface area contributed by atoms with Crippen molar-refractivity contribution in [1.29, 1.82) is 0 Å². The molecule has 0 aliphatic heterocycles. The lowest BCUT2D eigenvalue weighted by Crippen LogP contribution is -2.47. The van der Waals surface area contributed by atoms with Gasteiger partial charge in [-0.25, -0.2) is 4.68 Å². The minimum Gasteiger partial charge on any atom is -0.508 e. The highest BCUT2D eigenvalue weighted by Gasteiger charge is 2.33. The maximum Gasteiger partial charge on any atom is 0.247 e. The van der Waals surface area contributed by atoms with Crippen LogP contribution in [0.5, 0.6) is 11.5 Å². The number of methoxy groups -OCH3 is 1. The van der Waals surface area contributed by atoms with Gasteiger partial charge in [-0.2, -0.15) is 0 Å². The number of phenols is 1. The summed E-state index contributed by atoms with van der Waals surface area (Å²) in [6, 6.07) is 20.5. The van der Waals surface area contributed by atoms with Gasteiger partial charge in [0.05, 0.1) is 12.6 Å². The van der Waals surface area contributed by atoms with E-state index in [4.69, 9.17) is 4.74 Å². The number of carbonyl (C=O) groups is 2. The van der Waals surface area contributed by atoms with Crippen molar-refractivity contribution in [2.24, 2.45) is 0 Å². The number of amides is 2. The van der Waals surface area contributed by atoms with Crippen molar-refractivity contribution in [3.05, 3.63) is 83.9 Å². The van der Waals surface area contributed by atoms with Gasteiger partial charge < -0.3 is 20.1 Å². The van der Waals surface area contributed by atoms with Crippen molar-refractivity contribution in [2.75, 3.05) is 7.11 Å². The first-order chi connectivity index (χ1) is 19.0. The summed E-state index contributed by atoms with van der Waals surface area (Å²) < 4.78 is 6.86. The Balaban J connectivity index is 1.51. The maximum atomic E-state index is 14.0. The van der Waals surface area contributed by atoms with Crippen LogP contribution >= 0.6 is 0 Å². The summed E-state index contributed by atoms with van der Waals surface area (Å²) in [5, 5.41) is 21.5. The fraction of sp³-hybridized carbons (Fsp3) is 0.333. The second-order valence-corrected chi connectivity index (χ2v) is 9.94. The zero-order valence-corrected chi connectivity index (χ0v) is 22.0. The van der Waals surface area contributed by atoms with Crippen molar-refractivity contribution < 1.29 is 19.4 Å². The molecule has 0 saturated heterocycles. The van der Waals surface area contributed by atoms with Crippen molar-refractivity contribution in [2.45, 2.75) is 57.3 Å². The molecular weight excluding hydrogens is 494 g/mol. The van der Waals surface area contributed by atoms with Crippen LogP contribution in [-0.4, -0.2) is 50.0 Å². The highest BCUT2D eigenvalue weighted by molar-refractivity contribution is 5.89. The Labute approximate surface area is 227 Å². The third-order valence-electron chi connectivity index (χ3n) is 7.26. The first-order valence-corrected chi connectivity index (χ1v) is 13.3. The minimum atomic E-state index is -0.906. The minimum absolute atomic E-state index is 0.0723. The number of benzene rings is 3. The zero-order valence-electron chi connectivity index (χ0n) is 22.0. The number of aromatic hydroxyl groups is 1. The number of hydrogen-bond donors (Lipinski definition) is 2. The van der Waals surface area contributed by atoms with E-state index in [-0.39, 0.29) is 36.7 Å². The molecule has 0 spiro atoms. The molecule has 202 valence electrons. The van der Waals surface area contributed by atoms with Crippen LogP contribution < -0.4 is 10.1 Å². The van der Waals surface area contributed by atoms with Gasteiger partial charge in [0.25, 0.3) is 0 Å². The molecule has 3 aromatic carbocycles. The van der Waals surface area contributed by atoms with Gasteiger partial charge in [0.1, 0.15) is 29.6 Å². The quantitative estimate of drug-likeness (QED) is 0.335. The van der Waals surface area contributed by atoms with Gasteiger partial charge in [0.15, 0.2) is 0 Å². The molecule has 1 aliphatic rings. The first kappa shape index (κ1) is 26.2. The molecule has 5 rings (SSSR count). The largest absolute Gasteiger partial charge is 0.508 e. The predicted molar refractivity (Wildman–Crippen MR) is 147 cm³/mol. The fourth-order valence-electron chi connectivity index (χ4n) is 5.16. The highest BCUT2D eigenvalue weighted by Crippen LogP contribution is 2.28. The van der Waals surface area contributed by atoms with E-state index in [9.17, 15) is 14.7 Å². The number of phenolic OH excluding ortho intramolecular Hbond substituents is 1. The van der Waals surface area contributed by atoms with E-state index in [2.05, 4.69) is 15.6 Å². The number of ether oxygens (including phenoxy) is 1. The summed E-state index contributed by atoms with van der Waals surface area (Å²) in [5.41, 5.74) is 2.90. The number of para-hydroxylation sites is 1. The monoisotopic (exact) mass is 527 g/mol. The lowest BCUT2D eigenvalue weighted by atomic mass is 9.94. The molecule has 9 nitrogen and oxygen atoms in total. The Kier molecular flexibility index (Phi) is 8.05. The van der Waals surface area contributed by atoms with Crippen LogP contribution in [0, 0.1) is 0 Å². The summed E-state index contributed by atoms with van der Waals surface area (Å²) in [5.74, 6) is 0.277. The molecule has 1 saturated carbocycles. The highest BCUT2D eigenvalue weighted by atomic mass is 16.5. The molecule has 1 atom stereocenters. The average Bonchev–Trinajstić information content (AvgIpc) is 3.37.